The molecule has 3 aliphatic heterocycles. The summed E-state index contributed by atoms with van der Waals surface area (Å²) in [5.41, 5.74) is 0. The van der Waals surface area contributed by atoms with Gasteiger partial charge in [-0.05, 0) is 25.7 Å². The molecule has 17 unspecified atom stereocenters. The first-order chi connectivity index (χ1) is 41.3. The van der Waals surface area contributed by atoms with Gasteiger partial charge < -0.3 is 89.9 Å². The number of rotatable bonds is 52. The Labute approximate surface area is 511 Å². The lowest BCUT2D eigenvalue weighted by molar-refractivity contribution is -0.379. The van der Waals surface area contributed by atoms with E-state index in [9.17, 15) is 61.0 Å². The van der Waals surface area contributed by atoms with Crippen molar-refractivity contribution in [2.75, 3.05) is 26.4 Å². The van der Waals surface area contributed by atoms with Gasteiger partial charge in [0, 0.05) is 6.42 Å². The fraction of sp³-hybridized carbons (Fsp3) is 0.924. The highest BCUT2D eigenvalue weighted by molar-refractivity contribution is 5.76. The van der Waals surface area contributed by atoms with Crippen LogP contribution < -0.4 is 5.32 Å². The number of unbranched alkanes of at least 4 members (excludes halogenated alkanes) is 34. The molecule has 0 aromatic carbocycles. The molecule has 3 fully saturated rings. The number of hydrogen-bond acceptors (Lipinski definition) is 18. The van der Waals surface area contributed by atoms with Crippen molar-refractivity contribution in [3.05, 3.63) is 24.3 Å². The van der Waals surface area contributed by atoms with Gasteiger partial charge in [0.25, 0.3) is 0 Å². The Kier molecular flexibility index (Phi) is 44.7. The molecule has 0 saturated carbocycles. The van der Waals surface area contributed by atoms with Crippen molar-refractivity contribution in [1.29, 1.82) is 0 Å². The maximum atomic E-state index is 13.3. The third-order valence-electron chi connectivity index (χ3n) is 17.2. The molecule has 1 amide bonds. The average molecular weight is 1220 g/mol. The van der Waals surface area contributed by atoms with E-state index in [1.54, 1.807) is 6.08 Å². The van der Waals surface area contributed by atoms with Gasteiger partial charge in [0.2, 0.25) is 5.91 Å². The molecule has 12 N–H and O–H groups in total. The first-order valence-electron chi connectivity index (χ1n) is 34.1. The average Bonchev–Trinajstić information content (AvgIpc) is 2.11. The lowest BCUT2D eigenvalue weighted by Crippen LogP contribution is -2.66. The number of aliphatic hydroxyl groups excluding tert-OH is 11. The molecule has 3 saturated heterocycles. The Morgan fingerprint density at radius 2 is 0.753 bits per heavy atom. The van der Waals surface area contributed by atoms with Crippen LogP contribution in [0, 0.1) is 0 Å². The summed E-state index contributed by atoms with van der Waals surface area (Å²) >= 11 is 0. The van der Waals surface area contributed by atoms with Gasteiger partial charge in [0.1, 0.15) is 73.2 Å². The minimum Gasteiger partial charge on any atom is -0.394 e. The van der Waals surface area contributed by atoms with E-state index in [4.69, 9.17) is 28.4 Å². The number of carbonyl (C=O) groups is 1. The largest absolute Gasteiger partial charge is 0.394 e. The molecule has 0 aliphatic carbocycles. The van der Waals surface area contributed by atoms with Gasteiger partial charge in [0.15, 0.2) is 18.9 Å². The second-order valence-electron chi connectivity index (χ2n) is 24.6. The van der Waals surface area contributed by atoms with Gasteiger partial charge in [0.05, 0.1) is 38.6 Å². The molecule has 0 aromatic rings. The van der Waals surface area contributed by atoms with Crippen molar-refractivity contribution in [2.45, 2.75) is 362 Å². The molecule has 3 aliphatic rings. The van der Waals surface area contributed by atoms with Gasteiger partial charge in [-0.3, -0.25) is 4.79 Å². The van der Waals surface area contributed by atoms with Crippen LogP contribution in [0.25, 0.3) is 0 Å². The number of amides is 1. The lowest BCUT2D eigenvalue weighted by Gasteiger charge is -2.48. The maximum absolute atomic E-state index is 13.3. The zero-order valence-electron chi connectivity index (χ0n) is 52.6. The van der Waals surface area contributed by atoms with Crippen LogP contribution in [0.3, 0.4) is 0 Å². The third kappa shape index (κ3) is 31.7. The van der Waals surface area contributed by atoms with E-state index < -0.39 is 124 Å². The monoisotopic (exact) mass is 1220 g/mol. The third-order valence-corrected chi connectivity index (χ3v) is 17.2. The minimum atomic E-state index is -1.98. The van der Waals surface area contributed by atoms with E-state index in [2.05, 4.69) is 31.3 Å². The topological polar surface area (TPSA) is 307 Å². The molecule has 0 spiro atoms. The van der Waals surface area contributed by atoms with Crippen LogP contribution in [-0.4, -0.2) is 193 Å². The SMILES string of the molecule is CCC/C=C/CC/C=C/C(O)C(COC1OC(CO)C(OC2OC(CO)C(OC3OC(CO)C(O)C(O)C3O)C(O)C2O)C(O)C1O)NC(=O)CCCCCCCCCCCCCCCCCCCCCCCCCCCCCCCCCCC. The van der Waals surface area contributed by atoms with E-state index in [0.717, 1.165) is 38.5 Å². The van der Waals surface area contributed by atoms with Crippen LogP contribution in [0.2, 0.25) is 0 Å². The van der Waals surface area contributed by atoms with Gasteiger partial charge in [-0.2, -0.15) is 0 Å². The second kappa shape index (κ2) is 49.0. The molecule has 0 bridgehead atoms. The van der Waals surface area contributed by atoms with Crippen LogP contribution in [0.4, 0.5) is 0 Å². The predicted octanol–water partition coefficient (Wildman–Crippen LogP) is 8.27. The maximum Gasteiger partial charge on any atom is 0.220 e. The highest BCUT2D eigenvalue weighted by atomic mass is 16.8. The lowest BCUT2D eigenvalue weighted by atomic mass is 9.96. The quantitative estimate of drug-likeness (QED) is 0.0201. The summed E-state index contributed by atoms with van der Waals surface area (Å²) in [4.78, 5) is 13.3. The summed E-state index contributed by atoms with van der Waals surface area (Å²) in [5, 5.41) is 120. The molecular weight excluding hydrogens is 1090 g/mol. The summed E-state index contributed by atoms with van der Waals surface area (Å²) in [6.07, 6.45) is 28.3. The van der Waals surface area contributed by atoms with Crippen molar-refractivity contribution < 1.29 is 89.4 Å². The molecule has 85 heavy (non-hydrogen) atoms. The molecule has 0 aromatic heterocycles. The van der Waals surface area contributed by atoms with Crippen LogP contribution >= 0.6 is 0 Å². The molecular formula is C66H123NO18. The van der Waals surface area contributed by atoms with E-state index >= 15 is 0 Å². The zero-order valence-corrected chi connectivity index (χ0v) is 52.6. The number of aliphatic hydroxyl groups is 11. The summed E-state index contributed by atoms with van der Waals surface area (Å²) < 4.78 is 34.1. The smallest absolute Gasteiger partial charge is 0.220 e. The van der Waals surface area contributed by atoms with Crippen molar-refractivity contribution in [3.8, 4) is 0 Å². The number of carbonyl (C=O) groups excluding carboxylic acids is 1. The van der Waals surface area contributed by atoms with Crippen LogP contribution in [0.5, 0.6) is 0 Å². The van der Waals surface area contributed by atoms with Crippen LogP contribution in [-0.2, 0) is 33.2 Å². The molecule has 3 heterocycles. The minimum absolute atomic E-state index is 0.239. The molecule has 3 rings (SSSR count). The van der Waals surface area contributed by atoms with Crippen molar-refractivity contribution in [2.24, 2.45) is 0 Å². The zero-order chi connectivity index (χ0) is 61.9. The van der Waals surface area contributed by atoms with Crippen LogP contribution in [0.15, 0.2) is 24.3 Å². The Morgan fingerprint density at radius 3 is 1.15 bits per heavy atom. The number of allylic oxidation sites excluding steroid dienone is 3. The van der Waals surface area contributed by atoms with Crippen molar-refractivity contribution >= 4 is 5.91 Å². The highest BCUT2D eigenvalue weighted by Crippen LogP contribution is 2.33. The van der Waals surface area contributed by atoms with Gasteiger partial charge in [-0.1, -0.05) is 250 Å². The van der Waals surface area contributed by atoms with E-state index in [1.165, 1.54) is 186 Å². The standard InChI is InChI=1S/C66H123NO18/c1-3-5-7-9-11-12-13-14-15-16-17-18-19-20-21-22-23-24-25-26-27-28-29-30-31-32-33-34-35-36-38-40-42-44-54(72)67-49(50(71)43-41-39-37-10-8-6-4-2)48-80-64-60(78)57(75)62(52(46-69)82-64)85-66-61(79)58(76)63(53(47-70)83-66)84-65-59(77)56(74)55(73)51(45-68)81-65/h8,10,41,43,49-53,55-66,68-71,73-79H,3-7,9,11-40,42,44-48H2,1-2H3,(H,67,72)/b10-8+,43-41+. The number of ether oxygens (including phenoxy) is 6. The molecule has 0 radical (unpaired) electrons. The fourth-order valence-electron chi connectivity index (χ4n) is 11.7. The van der Waals surface area contributed by atoms with Gasteiger partial charge >= 0.3 is 0 Å². The van der Waals surface area contributed by atoms with Gasteiger partial charge in [-0.25, -0.2) is 0 Å². The summed E-state index contributed by atoms with van der Waals surface area (Å²) in [6.45, 7) is 1.60. The first kappa shape index (κ1) is 77.5. The Morgan fingerprint density at radius 1 is 0.412 bits per heavy atom. The Bertz CT molecular complexity index is 1640. The normalized spacial score (nSPS) is 29.1. The highest BCUT2D eigenvalue weighted by Gasteiger charge is 2.53. The Balaban J connectivity index is 1.29. The van der Waals surface area contributed by atoms with Crippen molar-refractivity contribution in [1.82, 2.24) is 5.32 Å². The van der Waals surface area contributed by atoms with Crippen LogP contribution in [0.1, 0.15) is 258 Å². The van der Waals surface area contributed by atoms with E-state index in [1.807, 2.05) is 6.08 Å². The van der Waals surface area contributed by atoms with E-state index in [0.29, 0.717) is 12.8 Å². The summed E-state index contributed by atoms with van der Waals surface area (Å²) in [7, 11) is 0. The van der Waals surface area contributed by atoms with Crippen molar-refractivity contribution in [3.63, 3.8) is 0 Å². The molecule has 19 heteroatoms. The number of hydrogen-bond donors (Lipinski definition) is 12. The fourth-order valence-corrected chi connectivity index (χ4v) is 11.7. The molecule has 19 nitrogen and oxygen atoms in total. The Hall–Kier alpha value is -1.73. The van der Waals surface area contributed by atoms with E-state index in [-0.39, 0.29) is 18.9 Å². The molecule has 500 valence electrons. The number of nitrogens with one attached hydrogen (secondary N) is 1. The van der Waals surface area contributed by atoms with Gasteiger partial charge in [-0.15, -0.1) is 0 Å². The molecule has 17 atom stereocenters. The predicted molar refractivity (Wildman–Crippen MR) is 328 cm³/mol. The second-order valence-corrected chi connectivity index (χ2v) is 24.6. The summed E-state index contributed by atoms with van der Waals surface area (Å²) in [5.74, 6) is -0.286. The first-order valence-corrected chi connectivity index (χ1v) is 34.1. The summed E-state index contributed by atoms with van der Waals surface area (Å²) in [6, 6.07) is -0.983.